The number of ether oxygens (including phenoxy) is 1. The highest BCUT2D eigenvalue weighted by molar-refractivity contribution is 5.94. The Labute approximate surface area is 235 Å². The van der Waals surface area contributed by atoms with E-state index in [4.69, 9.17) is 10.00 Å². The van der Waals surface area contributed by atoms with E-state index in [-0.39, 0.29) is 17.5 Å². The van der Waals surface area contributed by atoms with Crippen LogP contribution in [0.5, 0.6) is 5.75 Å². The van der Waals surface area contributed by atoms with Crippen LogP contribution in [0.1, 0.15) is 38.7 Å². The Balaban J connectivity index is 1.13. The minimum atomic E-state index is -0.223. The van der Waals surface area contributed by atoms with Gasteiger partial charge in [0, 0.05) is 44.5 Å². The van der Waals surface area contributed by atoms with E-state index in [1.807, 2.05) is 23.1 Å². The number of anilines is 2. The summed E-state index contributed by atoms with van der Waals surface area (Å²) in [5.41, 5.74) is 4.26. The summed E-state index contributed by atoms with van der Waals surface area (Å²) in [5.74, 6) is 0.911. The van der Waals surface area contributed by atoms with Crippen LogP contribution in [0.4, 0.5) is 11.6 Å². The number of H-pyrrole nitrogens is 1. The standard InChI is InChI=1S/C29H27N9O3/c1-19-25(16-34-35-27(19)39)38-17-21-4-2-3-5-24(21)26(38)18-41-23-10-22(14-31-15-23)28(40)36-6-8-37(9-7-36)29-32-12-20(11-30)13-33-29/h2-5,10,12-16,26H,6-9,17-18H2,1H3,(H,35,39)/t26-/m0/s1. The van der Waals surface area contributed by atoms with Gasteiger partial charge in [0.05, 0.1) is 47.6 Å². The molecule has 0 saturated carbocycles. The largest absolute Gasteiger partial charge is 0.489 e. The number of pyridine rings is 1. The molecule has 0 bridgehead atoms. The molecule has 1 fully saturated rings. The van der Waals surface area contributed by atoms with Crippen LogP contribution < -0.4 is 20.1 Å². The Morgan fingerprint density at radius 3 is 2.66 bits per heavy atom. The Morgan fingerprint density at radius 1 is 1.10 bits per heavy atom. The number of nitrogens with one attached hydrogen (secondary N) is 1. The summed E-state index contributed by atoms with van der Waals surface area (Å²) in [6.45, 7) is 4.88. The van der Waals surface area contributed by atoms with Gasteiger partial charge >= 0.3 is 0 Å². The van der Waals surface area contributed by atoms with Crippen molar-refractivity contribution in [3.8, 4) is 11.8 Å². The molecule has 2 aliphatic heterocycles. The van der Waals surface area contributed by atoms with Crippen molar-refractivity contribution in [2.45, 2.75) is 19.5 Å². The molecule has 0 radical (unpaired) electrons. The van der Waals surface area contributed by atoms with Crippen molar-refractivity contribution in [1.82, 2.24) is 30.0 Å². The summed E-state index contributed by atoms with van der Waals surface area (Å²) in [4.78, 5) is 44.2. The summed E-state index contributed by atoms with van der Waals surface area (Å²) in [5, 5.41) is 15.5. The number of nitrogens with zero attached hydrogens (tertiary/aromatic N) is 8. The van der Waals surface area contributed by atoms with E-state index in [2.05, 4.69) is 42.2 Å². The van der Waals surface area contributed by atoms with E-state index in [0.717, 1.165) is 16.8 Å². The third-order valence-corrected chi connectivity index (χ3v) is 7.50. The first-order chi connectivity index (χ1) is 20.0. The Hall–Kier alpha value is -5.31. The minimum absolute atomic E-state index is 0.124. The predicted molar refractivity (Wildman–Crippen MR) is 150 cm³/mol. The van der Waals surface area contributed by atoms with Crippen LogP contribution in [0.3, 0.4) is 0 Å². The fraction of sp³-hybridized carbons (Fsp3) is 0.276. The van der Waals surface area contributed by atoms with Crippen LogP contribution in [0.2, 0.25) is 0 Å². The van der Waals surface area contributed by atoms with Gasteiger partial charge in [0.2, 0.25) is 5.95 Å². The molecule has 12 nitrogen and oxygen atoms in total. The van der Waals surface area contributed by atoms with E-state index in [1.54, 1.807) is 36.5 Å². The lowest BCUT2D eigenvalue weighted by molar-refractivity contribution is 0.0745. The molecule has 4 aromatic rings. The van der Waals surface area contributed by atoms with Crippen LogP contribution in [-0.2, 0) is 6.54 Å². The third-order valence-electron chi connectivity index (χ3n) is 7.50. The molecule has 5 heterocycles. The summed E-state index contributed by atoms with van der Waals surface area (Å²) in [6.07, 6.45) is 7.82. The molecule has 0 unspecified atom stereocenters. The summed E-state index contributed by atoms with van der Waals surface area (Å²) in [6, 6.07) is 11.7. The average Bonchev–Trinajstić information content (AvgIpc) is 3.39. The van der Waals surface area contributed by atoms with Crippen molar-refractivity contribution >= 4 is 17.5 Å². The molecule has 1 aromatic carbocycles. The zero-order valence-corrected chi connectivity index (χ0v) is 22.4. The molecule has 0 spiro atoms. The molecule has 12 heteroatoms. The first kappa shape index (κ1) is 25.9. The summed E-state index contributed by atoms with van der Waals surface area (Å²) < 4.78 is 6.21. The average molecular weight is 550 g/mol. The van der Waals surface area contributed by atoms with Crippen LogP contribution in [0.25, 0.3) is 0 Å². The lowest BCUT2D eigenvalue weighted by atomic mass is 10.1. The van der Waals surface area contributed by atoms with Gasteiger partial charge in [-0.2, -0.15) is 10.4 Å². The van der Waals surface area contributed by atoms with E-state index in [0.29, 0.717) is 67.7 Å². The highest BCUT2D eigenvalue weighted by atomic mass is 16.5. The number of amides is 1. The fourth-order valence-corrected chi connectivity index (χ4v) is 5.26. The maximum Gasteiger partial charge on any atom is 0.269 e. The molecule has 6 rings (SSSR count). The molecule has 3 aromatic heterocycles. The zero-order chi connectivity index (χ0) is 28.3. The normalized spacial score (nSPS) is 16.3. The summed E-state index contributed by atoms with van der Waals surface area (Å²) >= 11 is 0. The van der Waals surface area contributed by atoms with Crippen molar-refractivity contribution in [3.05, 3.63) is 99.5 Å². The number of hydrogen-bond donors (Lipinski definition) is 1. The van der Waals surface area contributed by atoms with Crippen LogP contribution >= 0.6 is 0 Å². The molecular formula is C29H27N9O3. The number of nitriles is 1. The van der Waals surface area contributed by atoms with Crippen LogP contribution in [0, 0.1) is 18.3 Å². The van der Waals surface area contributed by atoms with Crippen molar-refractivity contribution in [3.63, 3.8) is 0 Å². The number of aromatic nitrogens is 5. The van der Waals surface area contributed by atoms with Gasteiger partial charge in [0.1, 0.15) is 18.4 Å². The topological polar surface area (TPSA) is 144 Å². The fourth-order valence-electron chi connectivity index (χ4n) is 5.26. The molecule has 1 atom stereocenters. The van der Waals surface area contributed by atoms with E-state index < -0.39 is 0 Å². The first-order valence-corrected chi connectivity index (χ1v) is 13.2. The zero-order valence-electron chi connectivity index (χ0n) is 22.4. The van der Waals surface area contributed by atoms with Gasteiger partial charge in [-0.1, -0.05) is 24.3 Å². The molecule has 41 heavy (non-hydrogen) atoms. The van der Waals surface area contributed by atoms with Gasteiger partial charge in [-0.25, -0.2) is 15.1 Å². The molecule has 0 aliphatic carbocycles. The quantitative estimate of drug-likeness (QED) is 0.380. The Kier molecular flexibility index (Phi) is 6.99. The SMILES string of the molecule is Cc1c(N2Cc3ccccc3[C@@H]2COc2cncc(C(=O)N3CCN(c4ncc(C#N)cn4)CC3)c2)cn[nH]c1=O. The second kappa shape index (κ2) is 11.1. The van der Waals surface area contributed by atoms with E-state index in [1.165, 1.54) is 12.4 Å². The molecule has 1 amide bonds. The second-order valence-electron chi connectivity index (χ2n) is 9.93. The maximum absolute atomic E-state index is 13.3. The van der Waals surface area contributed by atoms with Crippen LogP contribution in [-0.4, -0.2) is 68.7 Å². The number of fused-ring (bicyclic) bond motifs is 1. The number of piperazine rings is 1. The van der Waals surface area contributed by atoms with Crippen molar-refractivity contribution in [1.29, 1.82) is 5.26 Å². The molecule has 1 saturated heterocycles. The number of hydrogen-bond acceptors (Lipinski definition) is 10. The predicted octanol–water partition coefficient (Wildman–Crippen LogP) is 2.24. The van der Waals surface area contributed by atoms with Gasteiger partial charge < -0.3 is 19.4 Å². The van der Waals surface area contributed by atoms with Gasteiger partial charge in [0.25, 0.3) is 11.5 Å². The van der Waals surface area contributed by atoms with Crippen molar-refractivity contribution in [2.24, 2.45) is 0 Å². The number of carbonyl (C=O) groups is 1. The lowest BCUT2D eigenvalue weighted by Gasteiger charge is -2.34. The number of rotatable bonds is 6. The number of aromatic amines is 1. The maximum atomic E-state index is 13.3. The van der Waals surface area contributed by atoms with Gasteiger partial charge in [-0.05, 0) is 24.1 Å². The highest BCUT2D eigenvalue weighted by Crippen LogP contribution is 2.38. The number of benzene rings is 1. The number of carbonyl (C=O) groups excluding carboxylic acids is 1. The van der Waals surface area contributed by atoms with Crippen molar-refractivity contribution in [2.75, 3.05) is 42.6 Å². The molecule has 1 N–H and O–H groups in total. The Bertz CT molecular complexity index is 1670. The Morgan fingerprint density at radius 2 is 1.88 bits per heavy atom. The van der Waals surface area contributed by atoms with Gasteiger partial charge in [-0.15, -0.1) is 0 Å². The van der Waals surface area contributed by atoms with Gasteiger partial charge in [0.15, 0.2) is 0 Å². The summed E-state index contributed by atoms with van der Waals surface area (Å²) in [7, 11) is 0. The molecule has 206 valence electrons. The van der Waals surface area contributed by atoms with E-state index in [9.17, 15) is 9.59 Å². The molecular weight excluding hydrogens is 522 g/mol. The monoisotopic (exact) mass is 549 g/mol. The minimum Gasteiger partial charge on any atom is -0.489 e. The third kappa shape index (κ3) is 5.17. The smallest absolute Gasteiger partial charge is 0.269 e. The molecule has 2 aliphatic rings. The first-order valence-electron chi connectivity index (χ1n) is 13.2. The van der Waals surface area contributed by atoms with Gasteiger partial charge in [-0.3, -0.25) is 14.6 Å². The highest BCUT2D eigenvalue weighted by Gasteiger charge is 2.32. The van der Waals surface area contributed by atoms with Crippen molar-refractivity contribution < 1.29 is 9.53 Å². The lowest BCUT2D eigenvalue weighted by Crippen LogP contribution is -2.49. The van der Waals surface area contributed by atoms with Crippen LogP contribution in [0.15, 0.2) is 66.1 Å². The van der Waals surface area contributed by atoms with E-state index >= 15 is 0 Å². The second-order valence-corrected chi connectivity index (χ2v) is 9.93.